The van der Waals surface area contributed by atoms with E-state index in [4.69, 9.17) is 28.8 Å². The van der Waals surface area contributed by atoms with Crippen molar-refractivity contribution in [2.75, 3.05) is 19.8 Å². The summed E-state index contributed by atoms with van der Waals surface area (Å²) >= 11 is 0. The van der Waals surface area contributed by atoms with E-state index in [0.29, 0.717) is 34.7 Å². The van der Waals surface area contributed by atoms with Gasteiger partial charge in [-0.2, -0.15) is 0 Å². The van der Waals surface area contributed by atoms with Crippen molar-refractivity contribution in [3.8, 4) is 0 Å². The first-order valence-electron chi connectivity index (χ1n) is 20.0. The third kappa shape index (κ3) is 6.77. The van der Waals surface area contributed by atoms with E-state index < -0.39 is 74.6 Å². The minimum atomic E-state index is -1.74. The van der Waals surface area contributed by atoms with Crippen molar-refractivity contribution in [3.05, 3.63) is 11.6 Å². The molecule has 8 rings (SSSR count). The molecule has 304 valence electrons. The van der Waals surface area contributed by atoms with Crippen LogP contribution >= 0.6 is 0 Å². The predicted octanol–water partition coefficient (Wildman–Crippen LogP) is 0.317. The highest BCUT2D eigenvalue weighted by molar-refractivity contribution is 5.26. The molecular formula is C39H64O14. The number of hydrogen-bond acceptors (Lipinski definition) is 14. The van der Waals surface area contributed by atoms with Gasteiger partial charge in [0.05, 0.1) is 32.0 Å². The number of aliphatic hydroxyl groups is 9. The molecular weight excluding hydrogens is 692 g/mol. The zero-order chi connectivity index (χ0) is 38.2. The molecule has 0 amide bonds. The first kappa shape index (κ1) is 40.4. The summed E-state index contributed by atoms with van der Waals surface area (Å²) in [5.41, 5.74) is 2.31. The average Bonchev–Trinajstić information content (AvgIpc) is 3.59. The summed E-state index contributed by atoms with van der Waals surface area (Å²) in [6.45, 7) is 9.43. The maximum Gasteiger partial charge on any atom is 0.187 e. The van der Waals surface area contributed by atoms with E-state index >= 15 is 0 Å². The van der Waals surface area contributed by atoms with Gasteiger partial charge in [0.15, 0.2) is 18.4 Å². The molecule has 3 saturated carbocycles. The minimum absolute atomic E-state index is 0.107. The minimum Gasteiger partial charge on any atom is -0.394 e. The highest BCUT2D eigenvalue weighted by Gasteiger charge is 2.68. The highest BCUT2D eigenvalue weighted by atomic mass is 16.7. The lowest BCUT2D eigenvalue weighted by Crippen LogP contribution is -2.64. The fourth-order valence-corrected chi connectivity index (χ4v) is 12.2. The summed E-state index contributed by atoms with van der Waals surface area (Å²) in [4.78, 5) is 0. The van der Waals surface area contributed by atoms with Gasteiger partial charge in [-0.1, -0.05) is 39.3 Å². The molecule has 1 spiro atoms. The molecule has 9 N–H and O–H groups in total. The molecule has 53 heavy (non-hydrogen) atoms. The molecule has 14 nitrogen and oxygen atoms in total. The van der Waals surface area contributed by atoms with Crippen LogP contribution in [0.4, 0.5) is 0 Å². The van der Waals surface area contributed by atoms with E-state index in [9.17, 15) is 40.9 Å². The van der Waals surface area contributed by atoms with Gasteiger partial charge in [0.25, 0.3) is 0 Å². The van der Waals surface area contributed by atoms with Gasteiger partial charge in [-0.15, -0.1) is 0 Å². The standard InChI is InChI=1S/C27H42O3.C12H22O11/c1-16-7-12-27(29-15-16)17(2)24-23(30-27)14-22-20-6-5-18-13-19(28)8-10-25(18,3)21(20)9-11-26(22,24)4;13-1-3-5(15)6(16)9(19)12(22-3)23-10-4(2-14)21-11(20)8(18)7(10)17/h5,16-17,19-24,28H,6-15H2,1-4H3;3-20H,1-2H2/t16-,17+,19+,20-,21+,22+,23+,24+,25+,26+,27-;3-,4-,5-,6+,7-,8-,9-,10-,11-,12+/m11/s1. The maximum atomic E-state index is 10.3. The van der Waals surface area contributed by atoms with E-state index in [1.807, 2.05) is 0 Å². The van der Waals surface area contributed by atoms with Crippen LogP contribution in [0.1, 0.15) is 85.5 Å². The molecule has 0 radical (unpaired) electrons. The maximum absolute atomic E-state index is 10.3. The number of fused-ring (bicyclic) bond motifs is 7. The Balaban J connectivity index is 0.000000171. The molecule has 8 aliphatic rings. The third-order valence-electron chi connectivity index (χ3n) is 15.3. The first-order chi connectivity index (χ1) is 25.1. The number of rotatable bonds is 4. The Hall–Kier alpha value is -0.820. The zero-order valence-electron chi connectivity index (χ0n) is 31.5. The van der Waals surface area contributed by atoms with Crippen molar-refractivity contribution in [2.45, 2.75) is 165 Å². The number of allylic oxidation sites excluding steroid dienone is 1. The predicted molar refractivity (Wildman–Crippen MR) is 186 cm³/mol. The Labute approximate surface area is 312 Å². The van der Waals surface area contributed by atoms with Gasteiger partial charge in [0.2, 0.25) is 0 Å². The molecule has 21 atom stereocenters. The van der Waals surface area contributed by atoms with Gasteiger partial charge in [0, 0.05) is 12.3 Å². The quantitative estimate of drug-likeness (QED) is 0.176. The van der Waals surface area contributed by atoms with Gasteiger partial charge >= 0.3 is 0 Å². The molecule has 4 heterocycles. The largest absolute Gasteiger partial charge is 0.394 e. The lowest BCUT2D eigenvalue weighted by molar-refractivity contribution is -0.355. The molecule has 4 aliphatic heterocycles. The first-order valence-corrected chi connectivity index (χ1v) is 20.0. The molecule has 4 saturated heterocycles. The Morgan fingerprint density at radius 2 is 1.53 bits per heavy atom. The molecule has 0 aromatic rings. The Bertz CT molecular complexity index is 1300. The molecule has 0 unspecified atom stereocenters. The Morgan fingerprint density at radius 3 is 2.21 bits per heavy atom. The monoisotopic (exact) mass is 756 g/mol. The fourth-order valence-electron chi connectivity index (χ4n) is 12.2. The van der Waals surface area contributed by atoms with Gasteiger partial charge in [0.1, 0.15) is 48.8 Å². The number of aliphatic hydroxyl groups excluding tert-OH is 9. The molecule has 7 fully saturated rings. The second-order valence-corrected chi connectivity index (χ2v) is 18.2. The van der Waals surface area contributed by atoms with Crippen molar-refractivity contribution in [2.24, 2.45) is 46.3 Å². The van der Waals surface area contributed by atoms with E-state index in [1.54, 1.807) is 5.57 Å². The van der Waals surface area contributed by atoms with Crippen molar-refractivity contribution in [1.82, 2.24) is 0 Å². The van der Waals surface area contributed by atoms with Crippen molar-refractivity contribution in [3.63, 3.8) is 0 Å². The highest BCUT2D eigenvalue weighted by Crippen LogP contribution is 2.70. The summed E-state index contributed by atoms with van der Waals surface area (Å²) in [6.07, 6.45) is -2.11. The zero-order valence-corrected chi connectivity index (χ0v) is 31.5. The smallest absolute Gasteiger partial charge is 0.187 e. The average molecular weight is 757 g/mol. The lowest BCUT2D eigenvalue weighted by atomic mass is 9.47. The SMILES string of the molecule is C[C@@H]1CC[C@@]2(OC1)O[C@H]1C[C@H]3[C@@H]4CC=C5C[C@@H](O)CC[C@]5(C)[C@H]4CC[C@]3(C)[C@H]1[C@@H]2C.OC[C@H]1O[C@@H](O[C@H]2[C@H](O)[C@@H](O)[C@H](O)O[C@@H]2CO)[C@H](O)[C@@H](O)[C@@H]1O. The second-order valence-electron chi connectivity index (χ2n) is 18.2. The van der Waals surface area contributed by atoms with Gasteiger partial charge in [-0.05, 0) is 91.8 Å². The molecule has 4 aliphatic carbocycles. The lowest BCUT2D eigenvalue weighted by Gasteiger charge is -2.58. The topological polar surface area (TPSA) is 228 Å². The van der Waals surface area contributed by atoms with Crippen LogP contribution in [0.5, 0.6) is 0 Å². The van der Waals surface area contributed by atoms with Gasteiger partial charge in [-0.25, -0.2) is 0 Å². The fraction of sp³-hybridized carbons (Fsp3) is 0.949. The molecule has 0 bridgehead atoms. The summed E-state index contributed by atoms with van der Waals surface area (Å²) < 4.78 is 28.6. The summed E-state index contributed by atoms with van der Waals surface area (Å²) in [7, 11) is 0. The van der Waals surface area contributed by atoms with Crippen LogP contribution < -0.4 is 0 Å². The summed E-state index contributed by atoms with van der Waals surface area (Å²) in [6, 6.07) is 0. The van der Waals surface area contributed by atoms with E-state index in [1.165, 1.54) is 38.5 Å². The van der Waals surface area contributed by atoms with Gasteiger partial charge in [-0.3, -0.25) is 0 Å². The second kappa shape index (κ2) is 15.2. The summed E-state index contributed by atoms with van der Waals surface area (Å²) in [5, 5.41) is 86.7. The normalized spacial score (nSPS) is 56.3. The van der Waals surface area contributed by atoms with Crippen LogP contribution in [-0.4, -0.2) is 145 Å². The third-order valence-corrected chi connectivity index (χ3v) is 15.3. The van der Waals surface area contributed by atoms with E-state index in [2.05, 4.69) is 33.8 Å². The van der Waals surface area contributed by atoms with Crippen molar-refractivity contribution in [1.29, 1.82) is 0 Å². The van der Waals surface area contributed by atoms with Crippen molar-refractivity contribution < 1.29 is 69.6 Å². The molecule has 14 heteroatoms. The van der Waals surface area contributed by atoms with Crippen LogP contribution in [0.25, 0.3) is 0 Å². The summed E-state index contributed by atoms with van der Waals surface area (Å²) in [5.74, 6) is 3.94. The molecule has 0 aromatic heterocycles. The van der Waals surface area contributed by atoms with Crippen LogP contribution in [0.2, 0.25) is 0 Å². The number of ether oxygens (including phenoxy) is 5. The Morgan fingerprint density at radius 1 is 0.792 bits per heavy atom. The Kier molecular flexibility index (Phi) is 11.6. The van der Waals surface area contributed by atoms with Gasteiger partial charge < -0.3 is 69.6 Å². The van der Waals surface area contributed by atoms with E-state index in [-0.39, 0.29) is 11.9 Å². The van der Waals surface area contributed by atoms with Crippen LogP contribution in [0.3, 0.4) is 0 Å². The number of hydrogen-bond donors (Lipinski definition) is 9. The van der Waals surface area contributed by atoms with Crippen LogP contribution in [0, 0.1) is 46.3 Å². The molecule has 0 aromatic carbocycles. The van der Waals surface area contributed by atoms with Crippen molar-refractivity contribution >= 4 is 0 Å². The van der Waals surface area contributed by atoms with Crippen LogP contribution in [0.15, 0.2) is 11.6 Å². The van der Waals surface area contributed by atoms with E-state index in [0.717, 1.165) is 43.6 Å². The van der Waals surface area contributed by atoms with Crippen LogP contribution in [-0.2, 0) is 23.7 Å².